The van der Waals surface area contributed by atoms with Crippen LogP contribution in [0.15, 0.2) is 29.3 Å². The van der Waals surface area contributed by atoms with E-state index >= 15 is 0 Å². The summed E-state index contributed by atoms with van der Waals surface area (Å²) in [4.78, 5) is 28.1. The zero-order valence-electron chi connectivity index (χ0n) is 7.34. The molecule has 2 rings (SSSR count). The number of hydrogen-bond donors (Lipinski definition) is 1. The van der Waals surface area contributed by atoms with Crippen molar-refractivity contribution in [3.8, 4) is 10.6 Å². The molecule has 0 radical (unpaired) electrons. The van der Waals surface area contributed by atoms with Gasteiger partial charge in [-0.1, -0.05) is 11.3 Å². The van der Waals surface area contributed by atoms with E-state index in [0.29, 0.717) is 4.88 Å². The van der Waals surface area contributed by atoms with Crippen LogP contribution in [0.25, 0.3) is 10.6 Å². The van der Waals surface area contributed by atoms with E-state index in [9.17, 15) is 14.9 Å². The highest BCUT2D eigenvalue weighted by atomic mass is 32.1. The maximum Gasteiger partial charge on any atom is 0.324 e. The molecule has 76 valence electrons. The topological polar surface area (TPSA) is 88.9 Å². The van der Waals surface area contributed by atoms with E-state index in [1.54, 1.807) is 0 Å². The fourth-order valence-electron chi connectivity index (χ4n) is 1.08. The summed E-state index contributed by atoms with van der Waals surface area (Å²) in [7, 11) is 0. The summed E-state index contributed by atoms with van der Waals surface area (Å²) >= 11 is 0.927. The van der Waals surface area contributed by atoms with E-state index < -0.39 is 4.92 Å². The van der Waals surface area contributed by atoms with Gasteiger partial charge in [0.25, 0.3) is 5.56 Å². The van der Waals surface area contributed by atoms with Gasteiger partial charge in [-0.25, -0.2) is 4.98 Å². The summed E-state index contributed by atoms with van der Waals surface area (Å²) in [6.07, 6.45) is 2.84. The average molecular weight is 223 g/mol. The van der Waals surface area contributed by atoms with Crippen molar-refractivity contribution in [1.29, 1.82) is 0 Å². The monoisotopic (exact) mass is 223 g/mol. The van der Waals surface area contributed by atoms with E-state index in [4.69, 9.17) is 0 Å². The summed E-state index contributed by atoms with van der Waals surface area (Å²) < 4.78 is 0. The van der Waals surface area contributed by atoms with Gasteiger partial charge in [-0.3, -0.25) is 14.9 Å². The Labute approximate surface area is 87.4 Å². The number of nitrogens with one attached hydrogen (secondary N) is 1. The van der Waals surface area contributed by atoms with E-state index in [1.807, 2.05) is 0 Å². The summed E-state index contributed by atoms with van der Waals surface area (Å²) in [6, 6.07) is 2.87. The molecule has 1 N–H and O–H groups in total. The molecular weight excluding hydrogens is 218 g/mol. The zero-order chi connectivity index (χ0) is 10.8. The number of hydrogen-bond acceptors (Lipinski definition) is 5. The second-order valence-electron chi connectivity index (χ2n) is 2.66. The molecule has 15 heavy (non-hydrogen) atoms. The van der Waals surface area contributed by atoms with Crippen molar-refractivity contribution in [1.82, 2.24) is 9.97 Å². The fourth-order valence-corrected chi connectivity index (χ4v) is 1.89. The van der Waals surface area contributed by atoms with E-state index in [0.717, 1.165) is 11.3 Å². The van der Waals surface area contributed by atoms with Gasteiger partial charge in [-0.2, -0.15) is 0 Å². The van der Waals surface area contributed by atoms with Gasteiger partial charge in [-0.05, 0) is 6.07 Å². The largest absolute Gasteiger partial charge is 0.326 e. The first-order valence-electron chi connectivity index (χ1n) is 3.97. The third-order valence-corrected chi connectivity index (χ3v) is 2.76. The molecule has 2 aromatic rings. The molecule has 0 aliphatic rings. The van der Waals surface area contributed by atoms with Crippen molar-refractivity contribution in [2.75, 3.05) is 0 Å². The zero-order valence-corrected chi connectivity index (χ0v) is 8.15. The van der Waals surface area contributed by atoms with Crippen molar-refractivity contribution in [3.63, 3.8) is 0 Å². The maximum absolute atomic E-state index is 11.3. The van der Waals surface area contributed by atoms with Crippen LogP contribution in [0, 0.1) is 10.1 Å². The Morgan fingerprint density at radius 1 is 1.47 bits per heavy atom. The van der Waals surface area contributed by atoms with Gasteiger partial charge < -0.3 is 4.98 Å². The summed E-state index contributed by atoms with van der Waals surface area (Å²) in [5, 5.41) is 10.4. The number of H-pyrrole nitrogens is 1. The molecule has 0 aliphatic heterocycles. The predicted molar refractivity (Wildman–Crippen MR) is 54.8 cm³/mol. The van der Waals surface area contributed by atoms with Crippen LogP contribution < -0.4 is 5.56 Å². The number of nitro groups is 1. The van der Waals surface area contributed by atoms with Crippen molar-refractivity contribution >= 4 is 16.3 Å². The first-order valence-corrected chi connectivity index (χ1v) is 4.78. The van der Waals surface area contributed by atoms with Gasteiger partial charge in [0, 0.05) is 18.5 Å². The van der Waals surface area contributed by atoms with Crippen molar-refractivity contribution in [3.05, 3.63) is 45.0 Å². The lowest BCUT2D eigenvalue weighted by atomic mass is 10.3. The summed E-state index contributed by atoms with van der Waals surface area (Å²) in [6.45, 7) is 0. The van der Waals surface area contributed by atoms with E-state index in [-0.39, 0.29) is 16.3 Å². The quantitative estimate of drug-likeness (QED) is 0.615. The van der Waals surface area contributed by atoms with Crippen LogP contribution in [0.1, 0.15) is 0 Å². The van der Waals surface area contributed by atoms with E-state index in [2.05, 4.69) is 9.97 Å². The molecule has 7 heteroatoms. The number of aromatic amines is 1. The van der Waals surface area contributed by atoms with Gasteiger partial charge in [0.2, 0.25) is 0 Å². The minimum Gasteiger partial charge on any atom is -0.326 e. The molecule has 0 amide bonds. The minimum atomic E-state index is -0.495. The molecule has 2 heterocycles. The second-order valence-corrected chi connectivity index (χ2v) is 3.72. The molecule has 0 saturated heterocycles. The Kier molecular flexibility index (Phi) is 2.30. The van der Waals surface area contributed by atoms with Gasteiger partial charge in [0.1, 0.15) is 5.69 Å². The van der Waals surface area contributed by atoms with E-state index in [1.165, 1.54) is 24.5 Å². The average Bonchev–Trinajstić information content (AvgIpc) is 2.67. The van der Waals surface area contributed by atoms with Crippen LogP contribution in [0.4, 0.5) is 5.00 Å². The normalized spacial score (nSPS) is 10.1. The van der Waals surface area contributed by atoms with Gasteiger partial charge in [-0.15, -0.1) is 0 Å². The first-order chi connectivity index (χ1) is 7.18. The third kappa shape index (κ3) is 1.77. The lowest BCUT2D eigenvalue weighted by molar-refractivity contribution is -0.380. The highest BCUT2D eigenvalue weighted by Gasteiger charge is 2.13. The smallest absolute Gasteiger partial charge is 0.324 e. The molecule has 0 saturated carbocycles. The van der Waals surface area contributed by atoms with Crippen molar-refractivity contribution in [2.45, 2.75) is 0 Å². The highest BCUT2D eigenvalue weighted by Crippen LogP contribution is 2.29. The van der Waals surface area contributed by atoms with Gasteiger partial charge in [0.05, 0.1) is 9.80 Å². The molecule has 0 fully saturated rings. The number of aromatic nitrogens is 2. The van der Waals surface area contributed by atoms with Crippen LogP contribution in [0.3, 0.4) is 0 Å². The Morgan fingerprint density at radius 2 is 2.27 bits per heavy atom. The molecule has 0 unspecified atom stereocenters. The lowest BCUT2D eigenvalue weighted by Crippen LogP contribution is -2.08. The predicted octanol–water partition coefficient (Wildman–Crippen LogP) is 1.41. The van der Waals surface area contributed by atoms with Crippen LogP contribution in [0.2, 0.25) is 0 Å². The highest BCUT2D eigenvalue weighted by molar-refractivity contribution is 7.18. The molecule has 6 nitrogen and oxygen atoms in total. The van der Waals surface area contributed by atoms with Crippen LogP contribution in [-0.4, -0.2) is 14.9 Å². The molecule has 0 atom stereocenters. The standard InChI is InChI=1S/C8H5N3O3S/c12-8-7(9-3-4-10-8)5-1-2-6(15-5)11(13)14/h1-4H,(H,10,12). The van der Waals surface area contributed by atoms with Crippen LogP contribution in [0.5, 0.6) is 0 Å². The van der Waals surface area contributed by atoms with Crippen molar-refractivity contribution < 1.29 is 4.92 Å². The van der Waals surface area contributed by atoms with Crippen LogP contribution >= 0.6 is 11.3 Å². The maximum atomic E-state index is 11.3. The van der Waals surface area contributed by atoms with Gasteiger partial charge >= 0.3 is 5.00 Å². The summed E-state index contributed by atoms with van der Waals surface area (Å²) in [5.41, 5.74) is -0.148. The Balaban J connectivity index is 2.51. The second kappa shape index (κ2) is 3.62. The Hall–Kier alpha value is -2.02. The Morgan fingerprint density at radius 3 is 2.87 bits per heavy atom. The molecule has 0 bridgehead atoms. The summed E-state index contributed by atoms with van der Waals surface area (Å²) in [5.74, 6) is 0. The first kappa shape index (κ1) is 9.53. The number of rotatable bonds is 2. The molecule has 0 spiro atoms. The SMILES string of the molecule is O=c1[nH]ccnc1-c1ccc([N+](=O)[O-])s1. The number of thiophene rings is 1. The number of nitrogens with zero attached hydrogens (tertiary/aromatic N) is 2. The molecule has 2 aromatic heterocycles. The minimum absolute atomic E-state index is 0.00458. The van der Waals surface area contributed by atoms with Crippen molar-refractivity contribution in [2.24, 2.45) is 0 Å². The Bertz CT molecular complexity index is 560. The third-order valence-electron chi connectivity index (χ3n) is 1.71. The molecule has 0 aliphatic carbocycles. The molecule has 0 aromatic carbocycles. The fraction of sp³-hybridized carbons (Fsp3) is 0. The lowest BCUT2D eigenvalue weighted by Gasteiger charge is -1.91. The van der Waals surface area contributed by atoms with Crippen LogP contribution in [-0.2, 0) is 0 Å². The molecular formula is C8H5N3O3S. The van der Waals surface area contributed by atoms with Gasteiger partial charge in [0.15, 0.2) is 0 Å².